The van der Waals surface area contributed by atoms with Gasteiger partial charge in [-0.25, -0.2) is 9.37 Å². The zero-order valence-electron chi connectivity index (χ0n) is 22.8. The van der Waals surface area contributed by atoms with Crippen molar-refractivity contribution in [2.45, 2.75) is 57.2 Å². The first-order chi connectivity index (χ1) is 18.9. The van der Waals surface area contributed by atoms with Crippen LogP contribution in [0.4, 0.5) is 4.39 Å². The molecule has 1 aliphatic carbocycles. The van der Waals surface area contributed by atoms with E-state index >= 15 is 4.39 Å². The number of aromatic amines is 1. The van der Waals surface area contributed by atoms with Gasteiger partial charge in [0, 0.05) is 68.0 Å². The molecular formula is C30H38FN5O3. The molecule has 8 nitrogen and oxygen atoms in total. The van der Waals surface area contributed by atoms with E-state index in [1.54, 1.807) is 18.0 Å². The Labute approximate surface area is 228 Å². The van der Waals surface area contributed by atoms with Gasteiger partial charge in [-0.05, 0) is 68.8 Å². The number of halogens is 1. The Morgan fingerprint density at radius 2 is 2.00 bits per heavy atom. The van der Waals surface area contributed by atoms with Gasteiger partial charge in [-0.3, -0.25) is 9.69 Å². The summed E-state index contributed by atoms with van der Waals surface area (Å²) in [7, 11) is 2.19. The third kappa shape index (κ3) is 5.27. The molecule has 39 heavy (non-hydrogen) atoms. The van der Waals surface area contributed by atoms with Crippen molar-refractivity contribution in [2.24, 2.45) is 0 Å². The van der Waals surface area contributed by atoms with E-state index in [-0.39, 0.29) is 24.9 Å². The highest BCUT2D eigenvalue weighted by Gasteiger charge is 2.35. The molecule has 208 valence electrons. The van der Waals surface area contributed by atoms with Crippen molar-refractivity contribution in [3.05, 3.63) is 58.7 Å². The second-order valence-corrected chi connectivity index (χ2v) is 11.5. The van der Waals surface area contributed by atoms with Gasteiger partial charge in [0.05, 0.1) is 6.61 Å². The van der Waals surface area contributed by atoms with Gasteiger partial charge in [-0.2, -0.15) is 0 Å². The van der Waals surface area contributed by atoms with Crippen molar-refractivity contribution in [2.75, 3.05) is 46.4 Å². The molecule has 0 spiro atoms. The number of piperazine rings is 1. The van der Waals surface area contributed by atoms with Gasteiger partial charge >= 0.3 is 0 Å². The highest BCUT2D eigenvalue weighted by Crippen LogP contribution is 2.41. The summed E-state index contributed by atoms with van der Waals surface area (Å²) < 4.78 is 20.8. The minimum absolute atomic E-state index is 0.131. The average Bonchev–Trinajstić information content (AvgIpc) is 3.21. The van der Waals surface area contributed by atoms with Crippen LogP contribution >= 0.6 is 0 Å². The number of carbonyl (C=O) groups excluding carboxylic acids is 1. The van der Waals surface area contributed by atoms with Gasteiger partial charge < -0.3 is 24.6 Å². The van der Waals surface area contributed by atoms with Crippen LogP contribution < -0.4 is 4.74 Å². The van der Waals surface area contributed by atoms with Crippen LogP contribution in [0.5, 0.6) is 5.88 Å². The number of hydrogen-bond donors (Lipinski definition) is 2. The molecule has 1 aromatic carbocycles. The number of aliphatic hydroxyl groups excluding tert-OH is 1. The van der Waals surface area contributed by atoms with Gasteiger partial charge in [0.25, 0.3) is 11.8 Å². The summed E-state index contributed by atoms with van der Waals surface area (Å²) in [5, 5.41) is 10.3. The van der Waals surface area contributed by atoms with Crippen LogP contribution in [0.1, 0.15) is 59.3 Å². The first kappa shape index (κ1) is 26.2. The van der Waals surface area contributed by atoms with Crippen LogP contribution in [0.15, 0.2) is 30.5 Å². The van der Waals surface area contributed by atoms with Crippen LogP contribution in [0.3, 0.4) is 0 Å². The molecule has 1 atom stereocenters. The predicted molar refractivity (Wildman–Crippen MR) is 148 cm³/mol. The topological polar surface area (TPSA) is 84.9 Å². The van der Waals surface area contributed by atoms with E-state index in [0.717, 1.165) is 49.1 Å². The fourth-order valence-corrected chi connectivity index (χ4v) is 6.17. The summed E-state index contributed by atoms with van der Waals surface area (Å²) in [6.45, 7) is 6.73. The van der Waals surface area contributed by atoms with E-state index in [1.165, 1.54) is 18.4 Å². The number of rotatable bonds is 6. The van der Waals surface area contributed by atoms with Crippen molar-refractivity contribution in [3.63, 3.8) is 0 Å². The number of likely N-dealkylation sites (N-methyl/N-ethyl adjacent to an activating group) is 1. The number of pyridine rings is 1. The first-order valence-electron chi connectivity index (χ1n) is 14.2. The quantitative estimate of drug-likeness (QED) is 0.502. The zero-order chi connectivity index (χ0) is 27.1. The molecule has 0 bridgehead atoms. The smallest absolute Gasteiger partial charge is 0.270 e. The molecule has 0 unspecified atom stereocenters. The Balaban J connectivity index is 1.15. The average molecular weight is 536 g/mol. The molecule has 9 heteroatoms. The zero-order valence-corrected chi connectivity index (χ0v) is 22.8. The normalized spacial score (nSPS) is 23.2. The number of fused-ring (bicyclic) bond motifs is 2. The Bertz CT molecular complexity index is 1350. The van der Waals surface area contributed by atoms with Crippen LogP contribution in [-0.2, 0) is 13.0 Å². The maximum absolute atomic E-state index is 15.3. The number of nitrogens with zero attached hydrogens (tertiary/aromatic N) is 4. The molecule has 2 fully saturated rings. The molecule has 0 radical (unpaired) electrons. The lowest BCUT2D eigenvalue weighted by molar-refractivity contribution is 0.0605. The van der Waals surface area contributed by atoms with Crippen molar-refractivity contribution >= 4 is 16.8 Å². The van der Waals surface area contributed by atoms with Crippen LogP contribution in [0.25, 0.3) is 10.9 Å². The number of aryl methyl sites for hydroxylation is 1. The van der Waals surface area contributed by atoms with Gasteiger partial charge in [0.15, 0.2) is 5.82 Å². The van der Waals surface area contributed by atoms with Crippen LogP contribution in [0, 0.1) is 5.82 Å². The molecule has 1 saturated heterocycles. The van der Waals surface area contributed by atoms with Crippen molar-refractivity contribution < 1.29 is 19.0 Å². The summed E-state index contributed by atoms with van der Waals surface area (Å²) in [6, 6.07) is 9.10. The number of benzene rings is 1. The summed E-state index contributed by atoms with van der Waals surface area (Å²) in [6.07, 6.45) is 4.82. The molecular weight excluding hydrogens is 497 g/mol. The Morgan fingerprint density at radius 3 is 2.77 bits per heavy atom. The van der Waals surface area contributed by atoms with E-state index < -0.39 is 11.9 Å². The number of aromatic nitrogens is 2. The first-order valence-corrected chi connectivity index (χ1v) is 14.2. The number of H-pyrrole nitrogens is 1. The Morgan fingerprint density at radius 1 is 1.21 bits per heavy atom. The highest BCUT2D eigenvalue weighted by atomic mass is 19.1. The maximum atomic E-state index is 15.3. The van der Waals surface area contributed by atoms with E-state index in [9.17, 15) is 9.90 Å². The molecule has 1 saturated carbocycles. The van der Waals surface area contributed by atoms with E-state index in [0.29, 0.717) is 36.2 Å². The summed E-state index contributed by atoms with van der Waals surface area (Å²) in [5.74, 6) is -0.260. The number of amides is 1. The molecule has 2 N–H and O–H groups in total. The monoisotopic (exact) mass is 535 g/mol. The number of ether oxygens (including phenoxy) is 1. The largest absolute Gasteiger partial charge is 0.470 e. The molecule has 6 rings (SSSR count). The number of carbonyl (C=O) groups is 1. The third-order valence-electron chi connectivity index (χ3n) is 8.77. The molecule has 4 heterocycles. The number of nitrogens with one attached hydrogen (secondary N) is 1. The van der Waals surface area contributed by atoms with Crippen LogP contribution in [0.2, 0.25) is 0 Å². The third-order valence-corrected chi connectivity index (χ3v) is 8.77. The molecule has 2 aromatic heterocycles. The summed E-state index contributed by atoms with van der Waals surface area (Å²) in [4.78, 5) is 27.8. The number of aliphatic hydroxyl groups is 1. The second-order valence-electron chi connectivity index (χ2n) is 11.5. The highest BCUT2D eigenvalue weighted by molar-refractivity contribution is 5.98. The van der Waals surface area contributed by atoms with Crippen molar-refractivity contribution in [3.8, 4) is 5.88 Å². The lowest BCUT2D eigenvalue weighted by Crippen LogP contribution is -2.52. The van der Waals surface area contributed by atoms with Crippen LogP contribution in [-0.4, -0.2) is 94.2 Å². The molecule has 2 aliphatic heterocycles. The van der Waals surface area contributed by atoms with Gasteiger partial charge in [0.2, 0.25) is 0 Å². The van der Waals surface area contributed by atoms with E-state index in [1.807, 2.05) is 6.07 Å². The summed E-state index contributed by atoms with van der Waals surface area (Å²) >= 11 is 0. The standard InChI is InChI=1S/C30H38FN5O3/c1-19(18-37)39-29-28(31)25-17-36(7-3-4-22(25)16-32-29)30(38)27-15-21-6-5-20(14-26(21)33-27)23-12-24(13-23)35-10-8-34(2)9-11-35/h5-6,14-16,19,23-24,33,37H,3-4,7-13,17-18H2,1-2H3/t19-,23?,24?/m0/s1. The van der Waals surface area contributed by atoms with Crippen molar-refractivity contribution in [1.29, 1.82) is 0 Å². The Kier molecular flexibility index (Phi) is 7.31. The van der Waals surface area contributed by atoms with E-state index in [4.69, 9.17) is 4.74 Å². The maximum Gasteiger partial charge on any atom is 0.270 e. The summed E-state index contributed by atoms with van der Waals surface area (Å²) in [5.41, 5.74) is 4.06. The predicted octanol–water partition coefficient (Wildman–Crippen LogP) is 3.54. The Hall–Kier alpha value is -3.01. The molecule has 3 aromatic rings. The second kappa shape index (κ2) is 10.9. The van der Waals surface area contributed by atoms with Gasteiger partial charge in [0.1, 0.15) is 11.8 Å². The fraction of sp³-hybridized carbons (Fsp3) is 0.533. The van der Waals surface area contributed by atoms with Crippen molar-refractivity contribution in [1.82, 2.24) is 24.7 Å². The minimum atomic E-state index is -0.567. The SMILES string of the molecule is C[C@@H](CO)Oc1ncc2c(c1F)CN(C(=O)c1cc3ccc(C4CC(N5CCN(C)CC5)C4)cc3[nH]1)CCC2. The molecule has 3 aliphatic rings. The number of hydrogen-bond acceptors (Lipinski definition) is 6. The van der Waals surface area contributed by atoms with Gasteiger partial charge in [-0.15, -0.1) is 0 Å². The lowest BCUT2D eigenvalue weighted by Gasteiger charge is -2.46. The minimum Gasteiger partial charge on any atom is -0.470 e. The fourth-order valence-electron chi connectivity index (χ4n) is 6.17. The van der Waals surface area contributed by atoms with E-state index in [2.05, 4.69) is 45.0 Å². The lowest BCUT2D eigenvalue weighted by atomic mass is 9.75. The molecule has 1 amide bonds. The van der Waals surface area contributed by atoms with Gasteiger partial charge in [-0.1, -0.05) is 12.1 Å².